The number of carbonyl (C=O) groups is 2. The van der Waals surface area contributed by atoms with E-state index < -0.39 is 0 Å². The number of nitrogens with zero attached hydrogens (tertiary/aromatic N) is 4. The van der Waals surface area contributed by atoms with Crippen molar-refractivity contribution < 1.29 is 19.1 Å². The molecule has 3 aromatic rings. The number of fused-ring (bicyclic) bond motifs is 1. The van der Waals surface area contributed by atoms with Gasteiger partial charge in [-0.15, -0.1) is 0 Å². The Morgan fingerprint density at radius 3 is 2.41 bits per heavy atom. The molecule has 0 aliphatic carbocycles. The first-order valence-electron chi connectivity index (χ1n) is 12.6. The van der Waals surface area contributed by atoms with Crippen LogP contribution in [-0.2, 0) is 22.7 Å². The first kappa shape index (κ1) is 26.2. The van der Waals surface area contributed by atoms with Gasteiger partial charge in [0, 0.05) is 58.1 Å². The summed E-state index contributed by atoms with van der Waals surface area (Å²) in [5.74, 6) is 0.959. The van der Waals surface area contributed by atoms with Crippen molar-refractivity contribution in [2.75, 3.05) is 44.8 Å². The second kappa shape index (κ2) is 12.9. The average molecular weight is 503 g/mol. The molecule has 1 aromatic heterocycles. The van der Waals surface area contributed by atoms with Crippen molar-refractivity contribution >= 4 is 17.5 Å². The van der Waals surface area contributed by atoms with E-state index in [1.54, 1.807) is 32.4 Å². The molecule has 0 radical (unpaired) electrons. The van der Waals surface area contributed by atoms with Crippen molar-refractivity contribution in [3.8, 4) is 11.5 Å². The van der Waals surface area contributed by atoms with Gasteiger partial charge in [-0.1, -0.05) is 36.4 Å². The maximum atomic E-state index is 13.5. The van der Waals surface area contributed by atoms with E-state index in [0.717, 1.165) is 29.9 Å². The van der Waals surface area contributed by atoms with Crippen LogP contribution < -0.4 is 14.4 Å². The standard InChI is InChI=1S/C29H34N4O4/c1-23(34)33-17-9-16-31(21-25-11-7-8-15-30-25)18-19-32(20-24-10-3-4-12-26(24)33)29(35)22-37-28-14-6-5-13-27(28)36-2/h3-8,10-15H,9,16-22H2,1-2H3. The third-order valence-electron chi connectivity index (χ3n) is 6.45. The Bertz CT molecular complexity index is 1190. The monoisotopic (exact) mass is 502 g/mol. The first-order chi connectivity index (χ1) is 18.0. The molecule has 0 unspecified atom stereocenters. The van der Waals surface area contributed by atoms with Crippen molar-refractivity contribution in [3.05, 3.63) is 84.2 Å². The summed E-state index contributed by atoms with van der Waals surface area (Å²) in [4.78, 5) is 36.5. The fraction of sp³-hybridized carbons (Fsp3) is 0.345. The van der Waals surface area contributed by atoms with Gasteiger partial charge in [0.15, 0.2) is 18.1 Å². The van der Waals surface area contributed by atoms with E-state index in [2.05, 4.69) is 9.88 Å². The first-order valence-corrected chi connectivity index (χ1v) is 12.6. The van der Waals surface area contributed by atoms with E-state index in [4.69, 9.17) is 9.47 Å². The molecule has 8 nitrogen and oxygen atoms in total. The van der Waals surface area contributed by atoms with Gasteiger partial charge in [-0.3, -0.25) is 19.5 Å². The van der Waals surface area contributed by atoms with Crippen molar-refractivity contribution in [3.63, 3.8) is 0 Å². The van der Waals surface area contributed by atoms with E-state index in [1.807, 2.05) is 64.4 Å². The largest absolute Gasteiger partial charge is 0.493 e. The number of para-hydroxylation sites is 3. The third-order valence-corrected chi connectivity index (χ3v) is 6.45. The van der Waals surface area contributed by atoms with Gasteiger partial charge in [-0.25, -0.2) is 0 Å². The number of carbonyl (C=O) groups excluding carboxylic acids is 2. The molecular weight excluding hydrogens is 468 g/mol. The van der Waals surface area contributed by atoms with Gasteiger partial charge >= 0.3 is 0 Å². The smallest absolute Gasteiger partial charge is 0.260 e. The molecule has 37 heavy (non-hydrogen) atoms. The molecule has 0 saturated heterocycles. The van der Waals surface area contributed by atoms with Gasteiger partial charge in [0.25, 0.3) is 5.91 Å². The van der Waals surface area contributed by atoms with Crippen LogP contribution >= 0.6 is 0 Å². The summed E-state index contributed by atoms with van der Waals surface area (Å²) in [7, 11) is 1.58. The molecule has 4 rings (SSSR count). The molecule has 2 aromatic carbocycles. The predicted molar refractivity (Wildman–Crippen MR) is 143 cm³/mol. The maximum Gasteiger partial charge on any atom is 0.260 e. The Balaban J connectivity index is 1.57. The number of anilines is 1. The fourth-order valence-corrected chi connectivity index (χ4v) is 4.53. The molecule has 0 fully saturated rings. The highest BCUT2D eigenvalue weighted by Crippen LogP contribution is 2.27. The molecular formula is C29H34N4O4. The fourth-order valence-electron chi connectivity index (χ4n) is 4.53. The van der Waals surface area contributed by atoms with Crippen molar-refractivity contribution in [1.82, 2.24) is 14.8 Å². The molecule has 0 bridgehead atoms. The Morgan fingerprint density at radius 2 is 1.65 bits per heavy atom. The Hall–Kier alpha value is -3.91. The summed E-state index contributed by atoms with van der Waals surface area (Å²) in [6.07, 6.45) is 2.60. The van der Waals surface area contributed by atoms with E-state index in [-0.39, 0.29) is 18.4 Å². The van der Waals surface area contributed by atoms with Gasteiger partial charge in [0.1, 0.15) is 0 Å². The number of ether oxygens (including phenoxy) is 2. The van der Waals surface area contributed by atoms with Gasteiger partial charge in [0.05, 0.1) is 12.8 Å². The zero-order chi connectivity index (χ0) is 26.0. The Kier molecular flexibility index (Phi) is 9.10. The summed E-state index contributed by atoms with van der Waals surface area (Å²) in [6.45, 7) is 5.12. The lowest BCUT2D eigenvalue weighted by molar-refractivity contribution is -0.134. The summed E-state index contributed by atoms with van der Waals surface area (Å²) < 4.78 is 11.2. The molecule has 1 aliphatic rings. The zero-order valence-corrected chi connectivity index (χ0v) is 21.5. The highest BCUT2D eigenvalue weighted by molar-refractivity contribution is 5.92. The number of hydrogen-bond donors (Lipinski definition) is 0. The minimum Gasteiger partial charge on any atom is -0.493 e. The summed E-state index contributed by atoms with van der Waals surface area (Å²) in [5, 5.41) is 0. The number of pyridine rings is 1. The highest BCUT2D eigenvalue weighted by atomic mass is 16.5. The molecule has 194 valence electrons. The van der Waals surface area contributed by atoms with Crippen LogP contribution in [-0.4, -0.2) is 66.5 Å². The van der Waals surface area contributed by atoms with Crippen LogP contribution in [0.1, 0.15) is 24.6 Å². The molecule has 0 saturated carbocycles. The van der Waals surface area contributed by atoms with Crippen LogP contribution in [0.5, 0.6) is 11.5 Å². The lowest BCUT2D eigenvalue weighted by Gasteiger charge is -2.28. The van der Waals surface area contributed by atoms with Crippen molar-refractivity contribution in [2.45, 2.75) is 26.4 Å². The molecule has 0 spiro atoms. The van der Waals surface area contributed by atoms with Crippen LogP contribution in [0.2, 0.25) is 0 Å². The molecule has 0 N–H and O–H groups in total. The van der Waals surface area contributed by atoms with Gasteiger partial charge in [-0.05, 0) is 42.3 Å². The quantitative estimate of drug-likeness (QED) is 0.511. The van der Waals surface area contributed by atoms with E-state index in [1.165, 1.54) is 0 Å². The zero-order valence-electron chi connectivity index (χ0n) is 21.5. The summed E-state index contributed by atoms with van der Waals surface area (Å²) in [5.41, 5.74) is 2.75. The number of benzene rings is 2. The number of aromatic nitrogens is 1. The molecule has 2 amide bonds. The maximum absolute atomic E-state index is 13.5. The molecule has 0 atom stereocenters. The number of rotatable bonds is 6. The number of hydrogen-bond acceptors (Lipinski definition) is 6. The number of methoxy groups -OCH3 is 1. The summed E-state index contributed by atoms with van der Waals surface area (Å²) in [6, 6.07) is 21.0. The normalized spacial score (nSPS) is 14.9. The summed E-state index contributed by atoms with van der Waals surface area (Å²) >= 11 is 0. The second-order valence-corrected chi connectivity index (χ2v) is 9.00. The topological polar surface area (TPSA) is 75.2 Å². The lowest BCUT2D eigenvalue weighted by atomic mass is 10.1. The Labute approximate surface area is 218 Å². The van der Waals surface area contributed by atoms with Crippen molar-refractivity contribution in [2.24, 2.45) is 0 Å². The highest BCUT2D eigenvalue weighted by Gasteiger charge is 2.23. The van der Waals surface area contributed by atoms with Crippen LogP contribution in [0.3, 0.4) is 0 Å². The minimum absolute atomic E-state index is 0.0136. The SMILES string of the molecule is COc1ccccc1OCC(=O)N1CCN(Cc2ccccn2)CCCN(C(C)=O)c2ccccc2C1. The third kappa shape index (κ3) is 7.07. The van der Waals surface area contributed by atoms with Crippen LogP contribution in [0.15, 0.2) is 72.9 Å². The van der Waals surface area contributed by atoms with E-state index in [0.29, 0.717) is 44.2 Å². The molecule has 8 heteroatoms. The van der Waals surface area contributed by atoms with Gasteiger partial charge in [0.2, 0.25) is 5.91 Å². The molecule has 1 aliphatic heterocycles. The average Bonchev–Trinajstić information content (AvgIpc) is 2.95. The molecule has 2 heterocycles. The number of amides is 2. The van der Waals surface area contributed by atoms with Crippen LogP contribution in [0.25, 0.3) is 0 Å². The van der Waals surface area contributed by atoms with Crippen molar-refractivity contribution in [1.29, 1.82) is 0 Å². The minimum atomic E-state index is -0.132. The Morgan fingerprint density at radius 1 is 0.892 bits per heavy atom. The van der Waals surface area contributed by atoms with E-state index >= 15 is 0 Å². The van der Waals surface area contributed by atoms with E-state index in [9.17, 15) is 9.59 Å². The lowest BCUT2D eigenvalue weighted by Crippen LogP contribution is -2.40. The van der Waals surface area contributed by atoms with Gasteiger partial charge in [-0.2, -0.15) is 0 Å². The predicted octanol–water partition coefficient (Wildman–Crippen LogP) is 3.76. The van der Waals surface area contributed by atoms with Crippen LogP contribution in [0.4, 0.5) is 5.69 Å². The second-order valence-electron chi connectivity index (χ2n) is 9.00. The van der Waals surface area contributed by atoms with Crippen LogP contribution in [0, 0.1) is 0 Å². The van der Waals surface area contributed by atoms with Gasteiger partial charge < -0.3 is 19.3 Å².